The number of benzene rings is 4. The standard InChI is InChI=1S/C41H37FN4O6S2/c1-4-33(38(49)46-40-34(41(51)52-5-2)25(3)35(54-40)39(50)43-28-18-10-7-11-19-28)53-30-21-14-20-29(24-30)44-37(48)32(23-27-17-12-13-22-31(27)42)45-36(47)26-15-8-6-9-16-26/h6-24,33H,4-5H2,1-3H3,(H,43,50)(H,44,48)(H,45,47)(H,46,49)/b32-23-. The van der Waals surface area contributed by atoms with E-state index in [0.717, 1.165) is 11.3 Å². The van der Waals surface area contributed by atoms with E-state index < -0.39 is 40.7 Å². The van der Waals surface area contributed by atoms with Crippen LogP contribution in [0.5, 0.6) is 0 Å². The first-order valence-electron chi connectivity index (χ1n) is 17.0. The Labute approximate surface area is 320 Å². The topological polar surface area (TPSA) is 143 Å². The van der Waals surface area contributed by atoms with Crippen LogP contribution in [0.2, 0.25) is 0 Å². The highest BCUT2D eigenvalue weighted by Gasteiger charge is 2.29. The van der Waals surface area contributed by atoms with Crippen molar-refractivity contribution >= 4 is 75.1 Å². The van der Waals surface area contributed by atoms with Crippen molar-refractivity contribution in [2.24, 2.45) is 0 Å². The van der Waals surface area contributed by atoms with Gasteiger partial charge < -0.3 is 26.0 Å². The summed E-state index contributed by atoms with van der Waals surface area (Å²) >= 11 is 2.22. The molecule has 5 rings (SSSR count). The zero-order chi connectivity index (χ0) is 38.6. The van der Waals surface area contributed by atoms with Crippen LogP contribution < -0.4 is 21.3 Å². The van der Waals surface area contributed by atoms with Gasteiger partial charge in [0.25, 0.3) is 17.7 Å². The molecule has 0 fully saturated rings. The van der Waals surface area contributed by atoms with Crippen LogP contribution >= 0.6 is 23.1 Å². The lowest BCUT2D eigenvalue weighted by Crippen LogP contribution is -2.30. The predicted octanol–water partition coefficient (Wildman–Crippen LogP) is 8.54. The molecule has 0 spiro atoms. The Kier molecular flexibility index (Phi) is 13.5. The van der Waals surface area contributed by atoms with Gasteiger partial charge in [-0.05, 0) is 80.4 Å². The number of nitrogens with one attached hydrogen (secondary N) is 4. The molecule has 10 nitrogen and oxygen atoms in total. The number of carbonyl (C=O) groups excluding carboxylic acids is 5. The van der Waals surface area contributed by atoms with Gasteiger partial charge in [0.15, 0.2) is 0 Å². The van der Waals surface area contributed by atoms with E-state index in [1.54, 1.807) is 98.8 Å². The molecule has 1 aromatic heterocycles. The van der Waals surface area contributed by atoms with Crippen LogP contribution in [-0.4, -0.2) is 41.5 Å². The first-order chi connectivity index (χ1) is 26.1. The van der Waals surface area contributed by atoms with E-state index in [1.807, 2.05) is 13.0 Å². The monoisotopic (exact) mass is 764 g/mol. The third-order valence-corrected chi connectivity index (χ3v) is 10.4. The molecule has 5 aromatic rings. The molecule has 1 heterocycles. The second-order valence-electron chi connectivity index (χ2n) is 11.7. The summed E-state index contributed by atoms with van der Waals surface area (Å²) in [6.07, 6.45) is 1.66. The summed E-state index contributed by atoms with van der Waals surface area (Å²) in [4.78, 5) is 67.4. The lowest BCUT2D eigenvalue weighted by atomic mass is 10.1. The van der Waals surface area contributed by atoms with Crippen molar-refractivity contribution in [3.8, 4) is 0 Å². The fraction of sp³-hybridized carbons (Fsp3) is 0.146. The number of amides is 4. The Bertz CT molecular complexity index is 2190. The van der Waals surface area contributed by atoms with Gasteiger partial charge in [0.1, 0.15) is 16.5 Å². The van der Waals surface area contributed by atoms with Crippen LogP contribution in [0.1, 0.15) is 61.8 Å². The molecule has 54 heavy (non-hydrogen) atoms. The quantitative estimate of drug-likeness (QED) is 0.0504. The zero-order valence-corrected chi connectivity index (χ0v) is 31.2. The molecule has 0 bridgehead atoms. The van der Waals surface area contributed by atoms with Gasteiger partial charge in [0.2, 0.25) is 5.91 Å². The minimum Gasteiger partial charge on any atom is -0.462 e. The first-order valence-corrected chi connectivity index (χ1v) is 18.7. The van der Waals surface area contributed by atoms with Crippen molar-refractivity contribution in [3.05, 3.63) is 148 Å². The maximum Gasteiger partial charge on any atom is 0.341 e. The van der Waals surface area contributed by atoms with Crippen molar-refractivity contribution in [1.82, 2.24) is 5.32 Å². The number of esters is 1. The Morgan fingerprint density at radius 1 is 0.796 bits per heavy atom. The van der Waals surface area contributed by atoms with Crippen molar-refractivity contribution < 1.29 is 33.1 Å². The Hall–Kier alpha value is -6.05. The second-order valence-corrected chi connectivity index (χ2v) is 14.0. The average Bonchev–Trinajstić information content (AvgIpc) is 3.50. The number of hydrogen-bond donors (Lipinski definition) is 4. The Morgan fingerprint density at radius 2 is 1.46 bits per heavy atom. The lowest BCUT2D eigenvalue weighted by molar-refractivity contribution is -0.116. The van der Waals surface area contributed by atoms with E-state index in [2.05, 4.69) is 21.3 Å². The molecule has 276 valence electrons. The molecule has 4 aromatic carbocycles. The fourth-order valence-corrected chi connectivity index (χ4v) is 7.30. The third kappa shape index (κ3) is 10.1. The molecule has 0 saturated carbocycles. The van der Waals surface area contributed by atoms with Crippen LogP contribution in [0, 0.1) is 12.7 Å². The molecule has 0 aliphatic rings. The second kappa shape index (κ2) is 18.6. The summed E-state index contributed by atoms with van der Waals surface area (Å²) in [5, 5.41) is 10.6. The molecule has 1 unspecified atom stereocenters. The highest BCUT2D eigenvalue weighted by Crippen LogP contribution is 2.36. The highest BCUT2D eigenvalue weighted by molar-refractivity contribution is 8.00. The van der Waals surface area contributed by atoms with Gasteiger partial charge in [-0.1, -0.05) is 67.6 Å². The van der Waals surface area contributed by atoms with Gasteiger partial charge in [0.05, 0.1) is 22.3 Å². The summed E-state index contributed by atoms with van der Waals surface area (Å²) in [7, 11) is 0. The summed E-state index contributed by atoms with van der Waals surface area (Å²) in [6, 6.07) is 29.8. The number of carbonyl (C=O) groups is 5. The van der Waals surface area contributed by atoms with Crippen molar-refractivity contribution in [2.45, 2.75) is 37.3 Å². The number of ether oxygens (including phenoxy) is 1. The Morgan fingerprint density at radius 3 is 2.15 bits per heavy atom. The number of para-hydroxylation sites is 1. The maximum atomic E-state index is 14.6. The van der Waals surface area contributed by atoms with Gasteiger partial charge in [-0.3, -0.25) is 19.2 Å². The third-order valence-electron chi connectivity index (χ3n) is 7.87. The fourth-order valence-electron chi connectivity index (χ4n) is 5.19. The molecular weight excluding hydrogens is 728 g/mol. The van der Waals surface area contributed by atoms with Gasteiger partial charge in [-0.2, -0.15) is 0 Å². The smallest absolute Gasteiger partial charge is 0.341 e. The van der Waals surface area contributed by atoms with E-state index in [0.29, 0.717) is 33.8 Å². The lowest BCUT2D eigenvalue weighted by Gasteiger charge is -2.16. The number of thiophene rings is 1. The molecular formula is C41H37FN4O6S2. The minimum atomic E-state index is -0.693. The van der Waals surface area contributed by atoms with E-state index in [9.17, 15) is 28.4 Å². The largest absolute Gasteiger partial charge is 0.462 e. The van der Waals surface area contributed by atoms with Crippen molar-refractivity contribution in [2.75, 3.05) is 22.6 Å². The summed E-state index contributed by atoms with van der Waals surface area (Å²) < 4.78 is 19.8. The minimum absolute atomic E-state index is 0.104. The van der Waals surface area contributed by atoms with Crippen molar-refractivity contribution in [3.63, 3.8) is 0 Å². The number of hydrogen-bond acceptors (Lipinski definition) is 8. The van der Waals surface area contributed by atoms with E-state index >= 15 is 0 Å². The number of thioether (sulfide) groups is 1. The van der Waals surface area contributed by atoms with E-state index in [-0.39, 0.29) is 33.3 Å². The molecule has 4 N–H and O–H groups in total. The van der Waals surface area contributed by atoms with Crippen LogP contribution in [-0.2, 0) is 14.3 Å². The van der Waals surface area contributed by atoms with E-state index in [4.69, 9.17) is 4.74 Å². The van der Waals surface area contributed by atoms with E-state index in [1.165, 1.54) is 36.0 Å². The Balaban J connectivity index is 1.33. The van der Waals surface area contributed by atoms with Gasteiger partial charge in [0, 0.05) is 27.4 Å². The summed E-state index contributed by atoms with van der Waals surface area (Å²) in [6.45, 7) is 5.24. The number of halogens is 1. The normalized spacial score (nSPS) is 11.6. The number of anilines is 3. The predicted molar refractivity (Wildman–Crippen MR) is 211 cm³/mol. The summed E-state index contributed by atoms with van der Waals surface area (Å²) in [5.41, 5.74) is 1.67. The first kappa shape index (κ1) is 39.2. The van der Waals surface area contributed by atoms with Crippen LogP contribution in [0.4, 0.5) is 20.8 Å². The molecule has 13 heteroatoms. The van der Waals surface area contributed by atoms with Gasteiger partial charge in [-0.25, -0.2) is 9.18 Å². The maximum absolute atomic E-state index is 14.6. The molecule has 0 saturated heterocycles. The SMILES string of the molecule is CCOC(=O)c1c(NC(=O)C(CC)Sc2cccc(NC(=O)/C(=C/c3ccccc3F)NC(=O)c3ccccc3)c2)sc(C(=O)Nc2ccccc2)c1C. The average molecular weight is 765 g/mol. The van der Waals surface area contributed by atoms with Crippen LogP contribution in [0.25, 0.3) is 6.08 Å². The van der Waals surface area contributed by atoms with Gasteiger partial charge >= 0.3 is 5.97 Å². The molecule has 0 radical (unpaired) electrons. The zero-order valence-electron chi connectivity index (χ0n) is 29.6. The molecule has 0 aliphatic heterocycles. The van der Waals surface area contributed by atoms with Crippen LogP contribution in [0.3, 0.4) is 0 Å². The summed E-state index contributed by atoms with van der Waals surface area (Å²) in [5.74, 6) is -3.31. The van der Waals surface area contributed by atoms with Crippen molar-refractivity contribution in [1.29, 1.82) is 0 Å². The molecule has 4 amide bonds. The van der Waals surface area contributed by atoms with Gasteiger partial charge in [-0.15, -0.1) is 23.1 Å². The highest BCUT2D eigenvalue weighted by atomic mass is 32.2. The number of rotatable bonds is 14. The van der Waals surface area contributed by atoms with Crippen LogP contribution in [0.15, 0.2) is 120 Å². The molecule has 0 aliphatic carbocycles. The molecule has 1 atom stereocenters.